The van der Waals surface area contributed by atoms with Crippen LogP contribution in [0.25, 0.3) is 11.5 Å². The van der Waals surface area contributed by atoms with Gasteiger partial charge >= 0.3 is 5.97 Å². The number of carbonyl (C=O) groups is 1. The van der Waals surface area contributed by atoms with Crippen LogP contribution in [-0.4, -0.2) is 54.5 Å². The van der Waals surface area contributed by atoms with Gasteiger partial charge in [0, 0.05) is 38.4 Å². The molecule has 0 spiro atoms. The highest BCUT2D eigenvalue weighted by Crippen LogP contribution is 2.21. The van der Waals surface area contributed by atoms with Crippen molar-refractivity contribution in [2.45, 2.75) is 38.6 Å². The van der Waals surface area contributed by atoms with Crippen molar-refractivity contribution in [3.8, 4) is 5.75 Å². The molecule has 240 valence electrons. The lowest BCUT2D eigenvalue weighted by molar-refractivity contribution is 0.0511. The highest BCUT2D eigenvalue weighted by molar-refractivity contribution is 5.87. The third-order valence-electron chi connectivity index (χ3n) is 7.70. The molecule has 2 aromatic carbocycles. The average molecular weight is 630 g/mol. The number of rotatable bonds is 14. The van der Waals surface area contributed by atoms with Crippen molar-refractivity contribution < 1.29 is 23.0 Å². The number of nitrogens with one attached hydrogen (secondary N) is 3. The van der Waals surface area contributed by atoms with Gasteiger partial charge in [0.05, 0.1) is 36.0 Å². The maximum atomic E-state index is 16.7. The van der Waals surface area contributed by atoms with Crippen molar-refractivity contribution in [1.29, 1.82) is 0 Å². The topological polar surface area (TPSA) is 107 Å². The highest BCUT2D eigenvalue weighted by atomic mass is 19.1. The summed E-state index contributed by atoms with van der Waals surface area (Å²) in [5.74, 6) is -0.341. The zero-order valence-corrected chi connectivity index (χ0v) is 25.8. The van der Waals surface area contributed by atoms with Crippen LogP contribution < -0.4 is 36.7 Å². The minimum atomic E-state index is -1.93. The highest BCUT2D eigenvalue weighted by Gasteiger charge is 2.36. The zero-order valence-electron chi connectivity index (χ0n) is 25.8. The Morgan fingerprint density at radius 1 is 0.978 bits per heavy atom. The molecule has 46 heavy (non-hydrogen) atoms. The standard InChI is InChI=1S/C35H37F2N5O4/c1-3-46-35(44)26-21-27(43)29-32(41-22-24-12-14-25(45-2)15-13-24)30(36)33(40-19-18-39-28-11-7-8-17-38-28)31(37)34(29)42(26)20-16-23-9-5-4-6-10-23/h4-15,17,21,30,33,40-41H,3,16,18-20,22H2,1-2H3,(H,38,39). The first-order valence-corrected chi connectivity index (χ1v) is 15.2. The number of pyridine rings is 2. The number of aromatic nitrogens is 2. The Morgan fingerprint density at radius 2 is 1.74 bits per heavy atom. The molecule has 11 heteroatoms. The summed E-state index contributed by atoms with van der Waals surface area (Å²) in [4.78, 5) is 31.0. The molecule has 2 atom stereocenters. The van der Waals surface area contributed by atoms with E-state index >= 15 is 8.78 Å². The van der Waals surface area contributed by atoms with Gasteiger partial charge in [-0.25, -0.2) is 18.6 Å². The van der Waals surface area contributed by atoms with Crippen LogP contribution in [0.5, 0.6) is 5.75 Å². The number of carbonyl (C=O) groups excluding carboxylic acids is 1. The number of alkyl halides is 1. The first-order valence-electron chi connectivity index (χ1n) is 15.2. The van der Waals surface area contributed by atoms with Crippen LogP contribution >= 0.6 is 0 Å². The van der Waals surface area contributed by atoms with Crippen LogP contribution in [0, 0.1) is 0 Å². The monoisotopic (exact) mass is 629 g/mol. The van der Waals surface area contributed by atoms with Gasteiger partial charge in [-0.1, -0.05) is 48.5 Å². The molecule has 3 N–H and O–H groups in total. The summed E-state index contributed by atoms with van der Waals surface area (Å²) < 4.78 is 45.0. The van der Waals surface area contributed by atoms with Crippen LogP contribution in [0.15, 0.2) is 89.9 Å². The molecule has 5 rings (SSSR count). The van der Waals surface area contributed by atoms with E-state index in [1.807, 2.05) is 48.5 Å². The Kier molecular flexibility index (Phi) is 10.8. The van der Waals surface area contributed by atoms with E-state index in [-0.39, 0.29) is 48.2 Å². The minimum Gasteiger partial charge on any atom is -0.497 e. The smallest absolute Gasteiger partial charge is 0.355 e. The summed E-state index contributed by atoms with van der Waals surface area (Å²) in [6, 6.07) is 21.8. The number of halogens is 2. The summed E-state index contributed by atoms with van der Waals surface area (Å²) in [5.41, 5.74) is 0.907. The van der Waals surface area contributed by atoms with E-state index in [1.165, 1.54) is 4.57 Å². The summed E-state index contributed by atoms with van der Waals surface area (Å²) in [6.07, 6.45) is 0.143. The van der Waals surface area contributed by atoms with Gasteiger partial charge in [0.15, 0.2) is 11.6 Å². The van der Waals surface area contributed by atoms with E-state index in [2.05, 4.69) is 20.9 Å². The summed E-state index contributed by atoms with van der Waals surface area (Å²) in [7, 11) is 1.56. The van der Waals surface area contributed by atoms with Gasteiger partial charge in [0.2, 0.25) is 0 Å². The van der Waals surface area contributed by atoms with Gasteiger partial charge in [-0.15, -0.1) is 0 Å². The van der Waals surface area contributed by atoms with Crippen LogP contribution in [0.2, 0.25) is 0 Å². The lowest BCUT2D eigenvalue weighted by Crippen LogP contribution is -2.60. The first-order chi connectivity index (χ1) is 22.4. The molecule has 9 nitrogen and oxygen atoms in total. The van der Waals surface area contributed by atoms with Gasteiger partial charge in [0.25, 0.3) is 0 Å². The predicted molar refractivity (Wildman–Crippen MR) is 173 cm³/mol. The number of aryl methyl sites for hydroxylation is 1. The Balaban J connectivity index is 1.59. The fourth-order valence-electron chi connectivity index (χ4n) is 5.43. The Labute approximate surface area is 265 Å². The van der Waals surface area contributed by atoms with Crippen molar-refractivity contribution in [2.24, 2.45) is 0 Å². The van der Waals surface area contributed by atoms with Gasteiger partial charge in [-0.2, -0.15) is 0 Å². The van der Waals surface area contributed by atoms with E-state index < -0.39 is 29.4 Å². The van der Waals surface area contributed by atoms with E-state index in [9.17, 15) is 9.59 Å². The van der Waals surface area contributed by atoms with Crippen LogP contribution in [0.3, 0.4) is 0 Å². The molecule has 1 aliphatic carbocycles. The van der Waals surface area contributed by atoms with Crippen molar-refractivity contribution in [3.05, 3.63) is 123 Å². The molecule has 0 bridgehead atoms. The molecule has 0 amide bonds. The first kappa shape index (κ1) is 32.4. The number of anilines is 1. The van der Waals surface area contributed by atoms with E-state index in [4.69, 9.17) is 9.47 Å². The van der Waals surface area contributed by atoms with Gasteiger partial charge in [-0.3, -0.25) is 4.79 Å². The van der Waals surface area contributed by atoms with Gasteiger partial charge in [-0.05, 0) is 48.7 Å². The molecule has 0 radical (unpaired) electrons. The Morgan fingerprint density at radius 3 is 2.43 bits per heavy atom. The average Bonchev–Trinajstić information content (AvgIpc) is 3.08. The number of esters is 1. The summed E-state index contributed by atoms with van der Waals surface area (Å²) in [6.45, 7) is 2.54. The number of nitrogens with zero attached hydrogens (tertiary/aromatic N) is 2. The number of hydrogen-bond acceptors (Lipinski definition) is 8. The summed E-state index contributed by atoms with van der Waals surface area (Å²) >= 11 is 0. The molecular weight excluding hydrogens is 592 g/mol. The van der Waals surface area contributed by atoms with E-state index in [0.717, 1.165) is 17.2 Å². The van der Waals surface area contributed by atoms with Crippen molar-refractivity contribution in [3.63, 3.8) is 0 Å². The second-order valence-corrected chi connectivity index (χ2v) is 10.7. The van der Waals surface area contributed by atoms with Crippen LogP contribution in [-0.2, 0) is 24.2 Å². The normalized spacial score (nSPS) is 15.7. The van der Waals surface area contributed by atoms with Crippen molar-refractivity contribution in [1.82, 2.24) is 20.2 Å². The largest absolute Gasteiger partial charge is 0.497 e. The van der Waals surface area contributed by atoms with Crippen molar-refractivity contribution in [2.75, 3.05) is 32.1 Å². The van der Waals surface area contributed by atoms with Gasteiger partial charge < -0.3 is 30.0 Å². The zero-order chi connectivity index (χ0) is 32.5. The molecular formula is C35H37F2N5O4. The second kappa shape index (κ2) is 15.3. The fraction of sp³-hybridized carbons (Fsp3) is 0.286. The third kappa shape index (κ3) is 7.43. The lowest BCUT2D eigenvalue weighted by atomic mass is 9.98. The number of fused-ring (bicyclic) bond motifs is 1. The molecule has 4 aromatic rings. The molecule has 0 aliphatic heterocycles. The van der Waals surface area contributed by atoms with Gasteiger partial charge in [0.1, 0.15) is 23.1 Å². The van der Waals surface area contributed by atoms with Crippen LogP contribution in [0.4, 0.5) is 14.6 Å². The predicted octanol–water partition coefficient (Wildman–Crippen LogP) is 3.07. The fourth-order valence-corrected chi connectivity index (χ4v) is 5.43. The third-order valence-corrected chi connectivity index (χ3v) is 7.70. The lowest BCUT2D eigenvalue weighted by Gasteiger charge is -2.29. The van der Waals surface area contributed by atoms with Crippen LogP contribution in [0.1, 0.15) is 28.5 Å². The Hall–Kier alpha value is -5.03. The molecule has 0 fully saturated rings. The maximum Gasteiger partial charge on any atom is 0.355 e. The summed E-state index contributed by atoms with van der Waals surface area (Å²) in [5, 5.41) is 8.90. The van der Waals surface area contributed by atoms with Crippen molar-refractivity contribution >= 4 is 23.3 Å². The number of methoxy groups -OCH3 is 1. The molecule has 0 saturated heterocycles. The molecule has 0 saturated carbocycles. The Bertz CT molecular complexity index is 1820. The number of ether oxygens (including phenoxy) is 2. The maximum absolute atomic E-state index is 16.7. The molecule has 1 aliphatic rings. The quantitative estimate of drug-likeness (QED) is 0.144. The molecule has 2 heterocycles. The second-order valence-electron chi connectivity index (χ2n) is 10.7. The minimum absolute atomic E-state index is 0.0590. The number of hydrogen-bond donors (Lipinski definition) is 3. The SMILES string of the molecule is CCOC(=O)c1cc(=O)c2c(n1CCc1ccccc1)=C(F)C(NCCNc1ccccn1)C(F)C=2NCc1ccc(OC)cc1. The van der Waals surface area contributed by atoms with E-state index in [0.29, 0.717) is 24.5 Å². The molecule has 2 unspecified atom stereocenters. The molecule has 2 aromatic heterocycles. The van der Waals surface area contributed by atoms with E-state index in [1.54, 1.807) is 44.5 Å². The number of benzene rings is 2.